The van der Waals surface area contributed by atoms with E-state index in [1.807, 2.05) is 24.3 Å². The minimum Gasteiger partial charge on any atom is -0.505 e. The summed E-state index contributed by atoms with van der Waals surface area (Å²) in [6, 6.07) is 16.7. The summed E-state index contributed by atoms with van der Waals surface area (Å²) in [4.78, 5) is 23.7. The molecule has 0 saturated carbocycles. The van der Waals surface area contributed by atoms with Crippen LogP contribution in [0.15, 0.2) is 70.9 Å². The molecule has 1 aliphatic rings. The molecule has 0 bridgehead atoms. The topological polar surface area (TPSA) is 115 Å². The molecule has 1 heterocycles. The van der Waals surface area contributed by atoms with Gasteiger partial charge in [-0.2, -0.15) is 15.2 Å². The van der Waals surface area contributed by atoms with Gasteiger partial charge in [0.25, 0.3) is 0 Å². The second-order valence-corrected chi connectivity index (χ2v) is 6.41. The van der Waals surface area contributed by atoms with E-state index in [1.54, 1.807) is 19.1 Å². The SMILES string of the molecule is CC1=NN(c2ccc(C(=O)O)cc2)C(=O)/C1=N\Nc1ccc2ccccc2c1O. The van der Waals surface area contributed by atoms with Crippen LogP contribution in [0.25, 0.3) is 10.8 Å². The Balaban J connectivity index is 1.59. The van der Waals surface area contributed by atoms with E-state index < -0.39 is 11.9 Å². The maximum Gasteiger partial charge on any atom is 0.335 e. The molecule has 0 atom stereocenters. The molecule has 0 aliphatic carbocycles. The first-order chi connectivity index (χ1) is 14.0. The van der Waals surface area contributed by atoms with Crippen molar-refractivity contribution in [2.24, 2.45) is 10.2 Å². The van der Waals surface area contributed by atoms with Gasteiger partial charge in [0.2, 0.25) is 0 Å². The molecule has 1 aliphatic heterocycles. The Labute approximate surface area is 165 Å². The van der Waals surface area contributed by atoms with E-state index in [-0.39, 0.29) is 17.0 Å². The molecule has 144 valence electrons. The van der Waals surface area contributed by atoms with Crippen molar-refractivity contribution in [3.63, 3.8) is 0 Å². The van der Waals surface area contributed by atoms with Crippen molar-refractivity contribution in [2.45, 2.75) is 6.92 Å². The molecule has 0 radical (unpaired) electrons. The highest BCUT2D eigenvalue weighted by atomic mass is 16.4. The number of anilines is 2. The molecule has 3 aromatic rings. The third kappa shape index (κ3) is 3.27. The highest BCUT2D eigenvalue weighted by Crippen LogP contribution is 2.32. The van der Waals surface area contributed by atoms with Gasteiger partial charge in [-0.15, -0.1) is 0 Å². The number of fused-ring (bicyclic) bond motifs is 1. The molecule has 1 amide bonds. The lowest BCUT2D eigenvalue weighted by molar-refractivity contribution is -0.112. The molecule has 8 heteroatoms. The van der Waals surface area contributed by atoms with Crippen LogP contribution in [0.5, 0.6) is 5.75 Å². The number of carbonyl (C=O) groups is 2. The number of nitrogens with zero attached hydrogens (tertiary/aromatic N) is 3. The number of hydrazone groups is 2. The van der Waals surface area contributed by atoms with Crippen molar-refractivity contribution in [1.82, 2.24) is 0 Å². The number of hydrogen-bond donors (Lipinski definition) is 3. The number of carbonyl (C=O) groups excluding carboxylic acids is 1. The summed E-state index contributed by atoms with van der Waals surface area (Å²) >= 11 is 0. The Bertz CT molecular complexity index is 1200. The summed E-state index contributed by atoms with van der Waals surface area (Å²) in [5.41, 5.74) is 4.13. The van der Waals surface area contributed by atoms with Gasteiger partial charge < -0.3 is 10.2 Å². The van der Waals surface area contributed by atoms with Crippen molar-refractivity contribution >= 4 is 45.4 Å². The molecule has 0 spiro atoms. The summed E-state index contributed by atoms with van der Waals surface area (Å²) in [5.74, 6) is -1.47. The van der Waals surface area contributed by atoms with Gasteiger partial charge in [0, 0.05) is 5.39 Å². The normalized spacial score (nSPS) is 15.1. The Morgan fingerprint density at radius 2 is 1.79 bits per heavy atom. The zero-order valence-corrected chi connectivity index (χ0v) is 15.3. The number of aromatic carboxylic acids is 1. The predicted octanol–water partition coefficient (Wildman–Crippen LogP) is 3.43. The maximum absolute atomic E-state index is 12.7. The molecule has 4 rings (SSSR count). The van der Waals surface area contributed by atoms with Crippen LogP contribution in [0, 0.1) is 0 Å². The fraction of sp³-hybridized carbons (Fsp3) is 0.0476. The predicted molar refractivity (Wildman–Crippen MR) is 111 cm³/mol. The number of benzene rings is 3. The largest absolute Gasteiger partial charge is 0.505 e. The van der Waals surface area contributed by atoms with Crippen LogP contribution in [-0.4, -0.2) is 33.5 Å². The van der Waals surface area contributed by atoms with Gasteiger partial charge in [0.15, 0.2) is 5.71 Å². The molecule has 3 N–H and O–H groups in total. The minimum absolute atomic E-state index is 0.0357. The standard InChI is InChI=1S/C21H16N4O4/c1-12-18(20(27)25(24-12)15-9-6-14(7-10-15)21(28)29)23-22-17-11-8-13-4-2-3-5-16(13)19(17)26/h2-11,22,26H,1H3,(H,28,29)/b23-18-. The highest BCUT2D eigenvalue weighted by molar-refractivity contribution is 6.71. The number of carboxylic acids is 1. The van der Waals surface area contributed by atoms with Crippen molar-refractivity contribution in [3.05, 3.63) is 66.2 Å². The minimum atomic E-state index is -1.05. The zero-order valence-electron chi connectivity index (χ0n) is 15.3. The van der Waals surface area contributed by atoms with Gasteiger partial charge in [-0.25, -0.2) is 4.79 Å². The van der Waals surface area contributed by atoms with E-state index in [4.69, 9.17) is 5.11 Å². The number of amides is 1. The number of carboxylic acid groups (broad SMARTS) is 1. The Kier molecular flexibility index (Phi) is 4.44. The third-order valence-corrected chi connectivity index (χ3v) is 4.54. The molecule has 0 saturated heterocycles. The van der Waals surface area contributed by atoms with Crippen LogP contribution in [-0.2, 0) is 4.79 Å². The van der Waals surface area contributed by atoms with E-state index in [0.717, 1.165) is 10.4 Å². The van der Waals surface area contributed by atoms with Crippen molar-refractivity contribution in [3.8, 4) is 5.75 Å². The van der Waals surface area contributed by atoms with Gasteiger partial charge in [-0.3, -0.25) is 10.2 Å². The lowest BCUT2D eigenvalue weighted by Gasteiger charge is -2.11. The average Bonchev–Trinajstić information content (AvgIpc) is 3.01. The molecule has 3 aromatic carbocycles. The molecule has 0 aromatic heterocycles. The van der Waals surface area contributed by atoms with Crippen molar-refractivity contribution in [2.75, 3.05) is 10.4 Å². The first kappa shape index (κ1) is 18.2. The molecular weight excluding hydrogens is 372 g/mol. The third-order valence-electron chi connectivity index (χ3n) is 4.54. The van der Waals surface area contributed by atoms with Crippen LogP contribution in [0.1, 0.15) is 17.3 Å². The van der Waals surface area contributed by atoms with E-state index >= 15 is 0 Å². The average molecular weight is 388 g/mol. The number of aromatic hydroxyl groups is 1. The summed E-state index contributed by atoms with van der Waals surface area (Å²) in [6.07, 6.45) is 0. The molecule has 0 unspecified atom stereocenters. The zero-order chi connectivity index (χ0) is 20.5. The first-order valence-corrected chi connectivity index (χ1v) is 8.73. The van der Waals surface area contributed by atoms with Crippen molar-refractivity contribution < 1.29 is 19.8 Å². The van der Waals surface area contributed by atoms with Crippen LogP contribution in [0.4, 0.5) is 11.4 Å². The monoisotopic (exact) mass is 388 g/mol. The number of rotatable bonds is 4. The second-order valence-electron chi connectivity index (χ2n) is 6.41. The fourth-order valence-corrected chi connectivity index (χ4v) is 3.01. The van der Waals surface area contributed by atoms with Crippen molar-refractivity contribution in [1.29, 1.82) is 0 Å². The highest BCUT2D eigenvalue weighted by Gasteiger charge is 2.31. The lowest BCUT2D eigenvalue weighted by atomic mass is 10.1. The van der Waals surface area contributed by atoms with Crippen LogP contribution in [0.2, 0.25) is 0 Å². The lowest BCUT2D eigenvalue weighted by Crippen LogP contribution is -2.28. The summed E-state index contributed by atoms with van der Waals surface area (Å²) in [7, 11) is 0. The molecule has 29 heavy (non-hydrogen) atoms. The quantitative estimate of drug-likeness (QED) is 0.468. The summed E-state index contributed by atoms with van der Waals surface area (Å²) < 4.78 is 0. The molecule has 8 nitrogen and oxygen atoms in total. The smallest absolute Gasteiger partial charge is 0.335 e. The number of nitrogens with one attached hydrogen (secondary N) is 1. The fourth-order valence-electron chi connectivity index (χ4n) is 3.01. The molecular formula is C21H16N4O4. The Morgan fingerprint density at radius 3 is 2.52 bits per heavy atom. The number of phenolic OH excluding ortho intramolecular Hbond substituents is 1. The van der Waals surface area contributed by atoms with E-state index in [9.17, 15) is 14.7 Å². The van der Waals surface area contributed by atoms with Crippen LogP contribution < -0.4 is 10.4 Å². The van der Waals surface area contributed by atoms with Crippen LogP contribution in [0.3, 0.4) is 0 Å². The summed E-state index contributed by atoms with van der Waals surface area (Å²) in [6.45, 7) is 1.64. The van der Waals surface area contributed by atoms with Crippen LogP contribution >= 0.6 is 0 Å². The number of phenols is 1. The van der Waals surface area contributed by atoms with E-state index in [0.29, 0.717) is 22.5 Å². The van der Waals surface area contributed by atoms with E-state index in [2.05, 4.69) is 15.6 Å². The summed E-state index contributed by atoms with van der Waals surface area (Å²) in [5, 5.41) is 30.5. The van der Waals surface area contributed by atoms with Gasteiger partial charge in [0.1, 0.15) is 5.75 Å². The number of hydrogen-bond acceptors (Lipinski definition) is 6. The maximum atomic E-state index is 12.7. The Morgan fingerprint density at radius 1 is 1.07 bits per heavy atom. The van der Waals surface area contributed by atoms with Gasteiger partial charge in [0.05, 0.1) is 22.6 Å². The van der Waals surface area contributed by atoms with E-state index in [1.165, 1.54) is 24.3 Å². The molecule has 0 fully saturated rings. The van der Waals surface area contributed by atoms with Gasteiger partial charge >= 0.3 is 11.9 Å². The first-order valence-electron chi connectivity index (χ1n) is 8.73. The second kappa shape index (κ2) is 7.08. The Hall–Kier alpha value is -4.20. The van der Waals surface area contributed by atoms with Gasteiger partial charge in [-0.1, -0.05) is 30.3 Å². The van der Waals surface area contributed by atoms with Gasteiger partial charge in [-0.05, 0) is 42.6 Å².